The van der Waals surface area contributed by atoms with E-state index in [1.54, 1.807) is 28.4 Å². The van der Waals surface area contributed by atoms with Gasteiger partial charge in [0.15, 0.2) is 17.8 Å². The summed E-state index contributed by atoms with van der Waals surface area (Å²) in [5.41, 5.74) is 1.03. The Bertz CT molecular complexity index is 349. The number of benzene rings is 1. The summed E-state index contributed by atoms with van der Waals surface area (Å²) in [4.78, 5) is 0. The molecule has 0 amide bonds. The van der Waals surface area contributed by atoms with Gasteiger partial charge in [-0.2, -0.15) is 0 Å². The van der Waals surface area contributed by atoms with E-state index in [4.69, 9.17) is 23.7 Å². The highest BCUT2D eigenvalue weighted by Crippen LogP contribution is 2.38. The summed E-state index contributed by atoms with van der Waals surface area (Å²) in [6.45, 7) is 2.21. The zero-order valence-corrected chi connectivity index (χ0v) is 11.5. The predicted octanol–water partition coefficient (Wildman–Crippen LogP) is 2.01. The molecule has 0 saturated heterocycles. The van der Waals surface area contributed by atoms with Gasteiger partial charge in [-0.3, -0.25) is 0 Å². The average Bonchev–Trinajstić information content (AvgIpc) is 2.40. The topological polar surface area (TPSA) is 46.2 Å². The molecule has 0 saturated carbocycles. The second-order valence-electron chi connectivity index (χ2n) is 3.71. The predicted molar refractivity (Wildman–Crippen MR) is 67.6 cm³/mol. The standard InChI is InChI=1S/C13H20O5/c1-9-6-10(14-2)13(11(7-9)15-3)18-8-12(16-4)17-5/h6-7,12H,8H2,1-5H3. The Hall–Kier alpha value is -1.46. The van der Waals surface area contributed by atoms with Crippen molar-refractivity contribution in [3.8, 4) is 17.2 Å². The lowest BCUT2D eigenvalue weighted by atomic mass is 10.2. The molecule has 0 heterocycles. The van der Waals surface area contributed by atoms with Crippen LogP contribution in [-0.2, 0) is 9.47 Å². The summed E-state index contributed by atoms with van der Waals surface area (Å²) < 4.78 is 26.3. The first-order chi connectivity index (χ1) is 8.65. The van der Waals surface area contributed by atoms with Gasteiger partial charge in [-0.05, 0) is 24.6 Å². The number of hydrogen-bond donors (Lipinski definition) is 0. The van der Waals surface area contributed by atoms with Gasteiger partial charge < -0.3 is 23.7 Å². The van der Waals surface area contributed by atoms with Crippen molar-refractivity contribution in [3.05, 3.63) is 17.7 Å². The molecule has 5 nitrogen and oxygen atoms in total. The van der Waals surface area contributed by atoms with Gasteiger partial charge in [0.25, 0.3) is 0 Å². The second kappa shape index (κ2) is 7.08. The van der Waals surface area contributed by atoms with E-state index in [-0.39, 0.29) is 6.61 Å². The van der Waals surface area contributed by atoms with Crippen LogP contribution in [0.5, 0.6) is 17.2 Å². The fourth-order valence-corrected chi connectivity index (χ4v) is 1.54. The largest absolute Gasteiger partial charge is 0.493 e. The molecule has 0 spiro atoms. The fourth-order valence-electron chi connectivity index (χ4n) is 1.54. The first-order valence-corrected chi connectivity index (χ1v) is 5.57. The third kappa shape index (κ3) is 3.51. The molecule has 0 radical (unpaired) electrons. The highest BCUT2D eigenvalue weighted by molar-refractivity contribution is 5.53. The molecule has 0 N–H and O–H groups in total. The third-order valence-corrected chi connectivity index (χ3v) is 2.49. The Balaban J connectivity index is 2.91. The number of ether oxygens (including phenoxy) is 5. The summed E-state index contributed by atoms with van der Waals surface area (Å²) in [5, 5.41) is 0. The Morgan fingerprint density at radius 1 is 0.944 bits per heavy atom. The van der Waals surface area contributed by atoms with Crippen molar-refractivity contribution >= 4 is 0 Å². The summed E-state index contributed by atoms with van der Waals surface area (Å²) >= 11 is 0. The van der Waals surface area contributed by atoms with Crippen LogP contribution in [0.1, 0.15) is 5.56 Å². The number of methoxy groups -OCH3 is 4. The van der Waals surface area contributed by atoms with Crippen molar-refractivity contribution in [2.45, 2.75) is 13.2 Å². The Labute approximate surface area is 108 Å². The minimum atomic E-state index is -0.430. The molecular formula is C13H20O5. The molecule has 0 aromatic heterocycles. The quantitative estimate of drug-likeness (QED) is 0.698. The minimum absolute atomic E-state index is 0.253. The molecule has 102 valence electrons. The molecule has 0 atom stereocenters. The third-order valence-electron chi connectivity index (χ3n) is 2.49. The van der Waals surface area contributed by atoms with E-state index in [2.05, 4.69) is 0 Å². The first-order valence-electron chi connectivity index (χ1n) is 5.57. The number of hydrogen-bond acceptors (Lipinski definition) is 5. The van der Waals surface area contributed by atoms with Crippen molar-refractivity contribution in [2.24, 2.45) is 0 Å². The molecular weight excluding hydrogens is 236 g/mol. The van der Waals surface area contributed by atoms with Gasteiger partial charge >= 0.3 is 0 Å². The van der Waals surface area contributed by atoms with Gasteiger partial charge in [0.1, 0.15) is 6.61 Å². The smallest absolute Gasteiger partial charge is 0.203 e. The minimum Gasteiger partial charge on any atom is -0.493 e. The van der Waals surface area contributed by atoms with Crippen molar-refractivity contribution in [2.75, 3.05) is 35.0 Å². The van der Waals surface area contributed by atoms with Crippen molar-refractivity contribution in [1.82, 2.24) is 0 Å². The van der Waals surface area contributed by atoms with E-state index in [9.17, 15) is 0 Å². The molecule has 18 heavy (non-hydrogen) atoms. The lowest BCUT2D eigenvalue weighted by Gasteiger charge is -2.18. The van der Waals surface area contributed by atoms with Crippen molar-refractivity contribution in [1.29, 1.82) is 0 Å². The molecule has 0 bridgehead atoms. The molecule has 1 rings (SSSR count). The van der Waals surface area contributed by atoms with Gasteiger partial charge in [-0.25, -0.2) is 0 Å². The summed E-state index contributed by atoms with van der Waals surface area (Å²) in [6, 6.07) is 3.76. The maximum Gasteiger partial charge on any atom is 0.203 e. The molecule has 5 heteroatoms. The van der Waals surface area contributed by atoms with Crippen LogP contribution in [-0.4, -0.2) is 41.3 Å². The van der Waals surface area contributed by atoms with E-state index in [0.717, 1.165) is 5.56 Å². The Morgan fingerprint density at radius 3 is 1.83 bits per heavy atom. The van der Waals surface area contributed by atoms with Crippen LogP contribution in [0.15, 0.2) is 12.1 Å². The molecule has 0 aliphatic rings. The SMILES string of the molecule is COc1cc(C)cc(OC)c1OCC(OC)OC. The second-order valence-corrected chi connectivity index (χ2v) is 3.71. The normalized spacial score (nSPS) is 10.6. The monoisotopic (exact) mass is 256 g/mol. The van der Waals surface area contributed by atoms with Gasteiger partial charge in [0, 0.05) is 14.2 Å². The van der Waals surface area contributed by atoms with Crippen molar-refractivity contribution in [3.63, 3.8) is 0 Å². The van der Waals surface area contributed by atoms with E-state index < -0.39 is 6.29 Å². The van der Waals surface area contributed by atoms with Gasteiger partial charge in [0.05, 0.1) is 14.2 Å². The summed E-state index contributed by atoms with van der Waals surface area (Å²) in [7, 11) is 6.29. The lowest BCUT2D eigenvalue weighted by Crippen LogP contribution is -2.22. The van der Waals surface area contributed by atoms with Gasteiger partial charge in [-0.15, -0.1) is 0 Å². The summed E-state index contributed by atoms with van der Waals surface area (Å²) in [6.07, 6.45) is -0.430. The van der Waals surface area contributed by atoms with Crippen LogP contribution in [0.4, 0.5) is 0 Å². The van der Waals surface area contributed by atoms with Gasteiger partial charge in [0.2, 0.25) is 5.75 Å². The number of rotatable bonds is 7. The zero-order chi connectivity index (χ0) is 13.5. The average molecular weight is 256 g/mol. The first kappa shape index (κ1) is 14.6. The van der Waals surface area contributed by atoms with E-state index in [1.807, 2.05) is 19.1 Å². The molecule has 1 aromatic rings. The van der Waals surface area contributed by atoms with Gasteiger partial charge in [-0.1, -0.05) is 0 Å². The highest BCUT2D eigenvalue weighted by atomic mass is 16.7. The molecule has 0 aliphatic carbocycles. The molecule has 0 fully saturated rings. The van der Waals surface area contributed by atoms with Crippen LogP contribution >= 0.6 is 0 Å². The Morgan fingerprint density at radius 2 is 1.44 bits per heavy atom. The Kier molecular flexibility index (Phi) is 5.74. The van der Waals surface area contributed by atoms with Crippen LogP contribution in [0.3, 0.4) is 0 Å². The van der Waals surface area contributed by atoms with E-state index in [1.165, 1.54) is 0 Å². The van der Waals surface area contributed by atoms with Crippen LogP contribution in [0.25, 0.3) is 0 Å². The van der Waals surface area contributed by atoms with Crippen LogP contribution < -0.4 is 14.2 Å². The zero-order valence-electron chi connectivity index (χ0n) is 11.5. The van der Waals surface area contributed by atoms with Crippen molar-refractivity contribution < 1.29 is 23.7 Å². The number of aryl methyl sites for hydroxylation is 1. The molecule has 1 aromatic carbocycles. The van der Waals surface area contributed by atoms with E-state index >= 15 is 0 Å². The fraction of sp³-hybridized carbons (Fsp3) is 0.538. The lowest BCUT2D eigenvalue weighted by molar-refractivity contribution is -0.122. The van der Waals surface area contributed by atoms with Crippen LogP contribution in [0, 0.1) is 6.92 Å². The van der Waals surface area contributed by atoms with E-state index in [0.29, 0.717) is 17.2 Å². The maximum absolute atomic E-state index is 5.65. The molecule has 0 unspecified atom stereocenters. The maximum atomic E-state index is 5.65. The molecule has 0 aliphatic heterocycles. The highest BCUT2D eigenvalue weighted by Gasteiger charge is 2.15. The summed E-state index contributed by atoms with van der Waals surface area (Å²) in [5.74, 6) is 1.79. The van der Waals surface area contributed by atoms with Crippen LogP contribution in [0.2, 0.25) is 0 Å².